The third-order valence-electron chi connectivity index (χ3n) is 2.54. The summed E-state index contributed by atoms with van der Waals surface area (Å²) in [6.07, 6.45) is 1.50. The quantitative estimate of drug-likeness (QED) is 0.744. The van der Waals surface area contributed by atoms with Crippen LogP contribution in [0.4, 0.5) is 4.79 Å². The molecule has 0 bridgehead atoms. The highest BCUT2D eigenvalue weighted by Gasteiger charge is 2.13. The molecular weight excluding hydrogens is 214 g/mol. The molecule has 0 fully saturated rings. The molecule has 0 unspecified atom stereocenters. The van der Waals surface area contributed by atoms with Gasteiger partial charge in [-0.05, 0) is 26.8 Å². The maximum absolute atomic E-state index is 11.8. The van der Waals surface area contributed by atoms with Crippen molar-refractivity contribution < 1.29 is 9.53 Å². The van der Waals surface area contributed by atoms with Gasteiger partial charge in [-0.2, -0.15) is 0 Å². The van der Waals surface area contributed by atoms with Crippen molar-refractivity contribution in [3.05, 3.63) is 42.0 Å². The Labute approximate surface area is 103 Å². The van der Waals surface area contributed by atoms with Gasteiger partial charge in [0.1, 0.15) is 5.76 Å². The van der Waals surface area contributed by atoms with Gasteiger partial charge in [0.25, 0.3) is 0 Å². The van der Waals surface area contributed by atoms with Crippen molar-refractivity contribution >= 4 is 11.9 Å². The molecule has 0 heterocycles. The smallest absolute Gasteiger partial charge is 0.410 e. The highest BCUT2D eigenvalue weighted by molar-refractivity contribution is 5.76. The molecule has 3 nitrogen and oxygen atoms in total. The number of hydrogen-bond donors (Lipinski definition) is 0. The van der Waals surface area contributed by atoms with Crippen LogP contribution in [0.15, 0.2) is 36.4 Å². The maximum atomic E-state index is 11.8. The average Bonchev–Trinajstić information content (AvgIpc) is 2.38. The van der Waals surface area contributed by atoms with Gasteiger partial charge in [-0.25, -0.2) is 4.79 Å². The van der Waals surface area contributed by atoms with Crippen LogP contribution in [0.5, 0.6) is 0 Å². The topological polar surface area (TPSA) is 29.5 Å². The lowest BCUT2D eigenvalue weighted by atomic mass is 10.2. The van der Waals surface area contributed by atoms with Crippen molar-refractivity contribution in [2.45, 2.75) is 20.8 Å². The normalized spacial score (nSPS) is 11.1. The first-order chi connectivity index (χ1) is 8.22. The van der Waals surface area contributed by atoms with E-state index in [1.165, 1.54) is 0 Å². The van der Waals surface area contributed by atoms with Gasteiger partial charge in [0.2, 0.25) is 0 Å². The van der Waals surface area contributed by atoms with E-state index in [1.807, 2.05) is 51.1 Å². The summed E-state index contributed by atoms with van der Waals surface area (Å²) < 4.78 is 5.38. The average molecular weight is 233 g/mol. The molecular formula is C14H19NO2. The Balaban J connectivity index is 2.76. The van der Waals surface area contributed by atoms with Crippen molar-refractivity contribution in [2.75, 3.05) is 13.1 Å². The first-order valence-electron chi connectivity index (χ1n) is 5.91. The third kappa shape index (κ3) is 3.63. The van der Waals surface area contributed by atoms with E-state index in [0.717, 1.165) is 5.56 Å². The van der Waals surface area contributed by atoms with E-state index in [-0.39, 0.29) is 6.09 Å². The Bertz CT molecular complexity index is 380. The summed E-state index contributed by atoms with van der Waals surface area (Å²) in [5.41, 5.74) is 0.913. The standard InChI is InChI=1S/C14H19NO2/c1-4-13(12-10-8-7-9-11-12)17-14(16)15(5-2)6-3/h4,7-11H,5-6H2,1-3H3/b13-4-. The first-order valence-corrected chi connectivity index (χ1v) is 5.91. The maximum Gasteiger partial charge on any atom is 0.415 e. The number of amides is 1. The van der Waals surface area contributed by atoms with Gasteiger partial charge in [0, 0.05) is 18.7 Å². The highest BCUT2D eigenvalue weighted by Crippen LogP contribution is 2.16. The Hall–Kier alpha value is -1.77. The molecule has 92 valence electrons. The Kier molecular flexibility index (Phi) is 5.27. The molecule has 0 saturated carbocycles. The molecule has 0 N–H and O–H groups in total. The number of hydrogen-bond acceptors (Lipinski definition) is 2. The van der Waals surface area contributed by atoms with E-state index in [0.29, 0.717) is 18.8 Å². The fourth-order valence-corrected chi connectivity index (χ4v) is 1.53. The van der Waals surface area contributed by atoms with E-state index < -0.39 is 0 Å². The van der Waals surface area contributed by atoms with E-state index in [1.54, 1.807) is 11.0 Å². The lowest BCUT2D eigenvalue weighted by Crippen LogP contribution is -2.30. The predicted molar refractivity (Wildman–Crippen MR) is 69.5 cm³/mol. The van der Waals surface area contributed by atoms with Crippen molar-refractivity contribution in [1.29, 1.82) is 0 Å². The van der Waals surface area contributed by atoms with E-state index >= 15 is 0 Å². The summed E-state index contributed by atoms with van der Waals surface area (Å²) in [5.74, 6) is 0.600. The molecule has 0 aromatic heterocycles. The van der Waals surface area contributed by atoms with Crippen molar-refractivity contribution in [2.24, 2.45) is 0 Å². The number of rotatable bonds is 4. The second kappa shape index (κ2) is 6.74. The van der Waals surface area contributed by atoms with Crippen LogP contribution in [-0.2, 0) is 4.74 Å². The minimum Gasteiger partial charge on any atom is -0.410 e. The summed E-state index contributed by atoms with van der Waals surface area (Å²) in [5, 5.41) is 0. The lowest BCUT2D eigenvalue weighted by Gasteiger charge is -2.19. The largest absolute Gasteiger partial charge is 0.415 e. The number of carbonyl (C=O) groups excluding carboxylic acids is 1. The molecule has 0 saturated heterocycles. The molecule has 3 heteroatoms. The van der Waals surface area contributed by atoms with Gasteiger partial charge >= 0.3 is 6.09 Å². The van der Waals surface area contributed by atoms with Crippen LogP contribution in [0, 0.1) is 0 Å². The number of allylic oxidation sites excluding steroid dienone is 1. The second-order valence-electron chi connectivity index (χ2n) is 3.56. The van der Waals surface area contributed by atoms with Crippen LogP contribution >= 0.6 is 0 Å². The van der Waals surface area contributed by atoms with Crippen LogP contribution in [-0.4, -0.2) is 24.1 Å². The molecule has 0 atom stereocenters. The van der Waals surface area contributed by atoms with Crippen molar-refractivity contribution in [3.63, 3.8) is 0 Å². The molecule has 0 spiro atoms. The molecule has 1 rings (SSSR count). The minimum absolute atomic E-state index is 0.299. The van der Waals surface area contributed by atoms with Gasteiger partial charge in [0.15, 0.2) is 0 Å². The Morgan fingerprint density at radius 3 is 2.29 bits per heavy atom. The fourth-order valence-electron chi connectivity index (χ4n) is 1.53. The summed E-state index contributed by atoms with van der Waals surface area (Å²) in [6.45, 7) is 7.03. The van der Waals surface area contributed by atoms with Gasteiger partial charge < -0.3 is 9.64 Å². The van der Waals surface area contributed by atoms with E-state index in [2.05, 4.69) is 0 Å². The summed E-state index contributed by atoms with van der Waals surface area (Å²) >= 11 is 0. The predicted octanol–water partition coefficient (Wildman–Crippen LogP) is 3.53. The second-order valence-corrected chi connectivity index (χ2v) is 3.56. The van der Waals surface area contributed by atoms with Gasteiger partial charge in [-0.1, -0.05) is 30.3 Å². The molecule has 0 aliphatic rings. The zero-order valence-electron chi connectivity index (χ0n) is 10.6. The Morgan fingerprint density at radius 2 is 1.82 bits per heavy atom. The zero-order valence-corrected chi connectivity index (χ0v) is 10.6. The lowest BCUT2D eigenvalue weighted by molar-refractivity contribution is 0.148. The molecule has 0 aliphatic carbocycles. The van der Waals surface area contributed by atoms with E-state index in [9.17, 15) is 4.79 Å². The highest BCUT2D eigenvalue weighted by atomic mass is 16.6. The third-order valence-corrected chi connectivity index (χ3v) is 2.54. The number of nitrogens with zero attached hydrogens (tertiary/aromatic N) is 1. The SMILES string of the molecule is C/C=C(\OC(=O)N(CC)CC)c1ccccc1. The summed E-state index contributed by atoms with van der Waals surface area (Å²) in [6, 6.07) is 9.62. The van der Waals surface area contributed by atoms with Crippen LogP contribution < -0.4 is 0 Å². The van der Waals surface area contributed by atoms with Crippen molar-refractivity contribution in [3.8, 4) is 0 Å². The van der Waals surface area contributed by atoms with Crippen LogP contribution in [0.3, 0.4) is 0 Å². The molecule has 0 aliphatic heterocycles. The van der Waals surface area contributed by atoms with Crippen LogP contribution in [0.1, 0.15) is 26.3 Å². The summed E-state index contributed by atoms with van der Waals surface area (Å²) in [4.78, 5) is 13.5. The van der Waals surface area contributed by atoms with Crippen LogP contribution in [0.25, 0.3) is 5.76 Å². The molecule has 1 amide bonds. The Morgan fingerprint density at radius 1 is 1.24 bits per heavy atom. The van der Waals surface area contributed by atoms with Gasteiger partial charge in [-0.15, -0.1) is 0 Å². The number of ether oxygens (including phenoxy) is 1. The zero-order chi connectivity index (χ0) is 12.7. The fraction of sp³-hybridized carbons (Fsp3) is 0.357. The number of benzene rings is 1. The molecule has 1 aromatic carbocycles. The van der Waals surface area contributed by atoms with Gasteiger partial charge in [-0.3, -0.25) is 0 Å². The van der Waals surface area contributed by atoms with Crippen LogP contribution in [0.2, 0.25) is 0 Å². The molecule has 17 heavy (non-hydrogen) atoms. The van der Waals surface area contributed by atoms with Crippen molar-refractivity contribution in [1.82, 2.24) is 4.90 Å². The molecule has 1 aromatic rings. The summed E-state index contributed by atoms with van der Waals surface area (Å²) in [7, 11) is 0. The van der Waals surface area contributed by atoms with E-state index in [4.69, 9.17) is 4.74 Å². The molecule has 0 radical (unpaired) electrons. The van der Waals surface area contributed by atoms with Gasteiger partial charge in [0.05, 0.1) is 0 Å². The minimum atomic E-state index is -0.299. The number of carbonyl (C=O) groups is 1. The first kappa shape index (κ1) is 13.3. The monoisotopic (exact) mass is 233 g/mol.